The van der Waals surface area contributed by atoms with Crippen molar-refractivity contribution in [2.45, 2.75) is 5.03 Å². The molecule has 1 unspecified atom stereocenters. The molecule has 1 rings (SSSR count). The average molecular weight is 140 g/mol. The minimum atomic E-state index is -0.960. The maximum Gasteiger partial charge on any atom is 0.244 e. The van der Waals surface area contributed by atoms with E-state index in [4.69, 9.17) is 0 Å². The maximum absolute atomic E-state index is 10.7. The molecule has 0 spiro atoms. The first-order valence-corrected chi connectivity index (χ1v) is 4.02. The lowest BCUT2D eigenvalue weighted by Gasteiger charge is -1.99. The predicted molar refractivity (Wildman–Crippen MR) is 35.4 cm³/mol. The standard InChI is InChI=1S/C6H6NOS/c1-9(8)6-4-2-3-5-7-6/h2,4-5H,1H3. The molecular weight excluding hydrogens is 134 g/mol. The number of nitrogens with zero attached hydrogens (tertiary/aromatic N) is 1. The van der Waals surface area contributed by atoms with Gasteiger partial charge in [0.05, 0.1) is 0 Å². The molecule has 0 aliphatic rings. The molecule has 0 fully saturated rings. The largest absolute Gasteiger partial charge is 0.610 e. The molecule has 1 aromatic rings. The highest BCUT2D eigenvalue weighted by Crippen LogP contribution is 2.00. The summed E-state index contributed by atoms with van der Waals surface area (Å²) in [6.45, 7) is 0. The van der Waals surface area contributed by atoms with Crippen LogP contribution in [0.3, 0.4) is 0 Å². The second-order valence-electron chi connectivity index (χ2n) is 1.55. The Kier molecular flexibility index (Phi) is 2.08. The summed E-state index contributed by atoms with van der Waals surface area (Å²) in [6, 6.07) is 6.13. The van der Waals surface area contributed by atoms with Gasteiger partial charge in [-0.05, 0) is 6.07 Å². The van der Waals surface area contributed by atoms with E-state index in [1.54, 1.807) is 18.4 Å². The van der Waals surface area contributed by atoms with Crippen LogP contribution in [0.5, 0.6) is 0 Å². The molecule has 0 saturated heterocycles. The van der Waals surface area contributed by atoms with Crippen molar-refractivity contribution in [3.8, 4) is 0 Å². The second kappa shape index (κ2) is 2.85. The van der Waals surface area contributed by atoms with Crippen LogP contribution in [0.4, 0.5) is 0 Å². The van der Waals surface area contributed by atoms with E-state index in [1.807, 2.05) is 0 Å². The zero-order chi connectivity index (χ0) is 6.69. The first kappa shape index (κ1) is 6.58. The molecule has 0 bridgehead atoms. The summed E-state index contributed by atoms with van der Waals surface area (Å²) >= 11 is -0.960. The lowest BCUT2D eigenvalue weighted by molar-refractivity contribution is 0.597. The molecule has 0 N–H and O–H groups in total. The van der Waals surface area contributed by atoms with E-state index in [2.05, 4.69) is 11.1 Å². The molecule has 1 atom stereocenters. The summed E-state index contributed by atoms with van der Waals surface area (Å²) in [5.41, 5.74) is 0. The number of aromatic nitrogens is 1. The molecule has 1 radical (unpaired) electrons. The van der Waals surface area contributed by atoms with Crippen LogP contribution in [0.15, 0.2) is 23.4 Å². The molecule has 0 amide bonds. The maximum atomic E-state index is 10.7. The topological polar surface area (TPSA) is 36.0 Å². The first-order chi connectivity index (χ1) is 4.30. The number of rotatable bonds is 1. The van der Waals surface area contributed by atoms with Crippen LogP contribution < -0.4 is 0 Å². The van der Waals surface area contributed by atoms with E-state index in [-0.39, 0.29) is 0 Å². The quantitative estimate of drug-likeness (QED) is 0.536. The van der Waals surface area contributed by atoms with Crippen LogP contribution in [-0.2, 0) is 11.2 Å². The smallest absolute Gasteiger partial charge is 0.244 e. The van der Waals surface area contributed by atoms with Crippen molar-refractivity contribution in [2.24, 2.45) is 0 Å². The fraction of sp³-hybridized carbons (Fsp3) is 0.167. The lowest BCUT2D eigenvalue weighted by atomic mass is 10.5. The number of hydrogen-bond acceptors (Lipinski definition) is 2. The van der Waals surface area contributed by atoms with Gasteiger partial charge in [-0.15, -0.1) is 0 Å². The first-order valence-electron chi connectivity index (χ1n) is 2.46. The van der Waals surface area contributed by atoms with Gasteiger partial charge in [0.15, 0.2) is 0 Å². The highest BCUT2D eigenvalue weighted by molar-refractivity contribution is 7.90. The van der Waals surface area contributed by atoms with Crippen LogP contribution in [0, 0.1) is 6.07 Å². The Balaban J connectivity index is 2.85. The Morgan fingerprint density at radius 2 is 2.56 bits per heavy atom. The van der Waals surface area contributed by atoms with Crippen molar-refractivity contribution in [1.82, 2.24) is 4.98 Å². The Morgan fingerprint density at radius 3 is 2.89 bits per heavy atom. The van der Waals surface area contributed by atoms with E-state index < -0.39 is 11.2 Å². The van der Waals surface area contributed by atoms with Crippen molar-refractivity contribution in [1.29, 1.82) is 0 Å². The number of hydrogen-bond donors (Lipinski definition) is 0. The molecular formula is C6H6NOS. The SMILES string of the molecule is C[S+]([O-])c1cc[c]cn1. The predicted octanol–water partition coefficient (Wildman–Crippen LogP) is 0.619. The summed E-state index contributed by atoms with van der Waals surface area (Å²) < 4.78 is 10.7. The van der Waals surface area contributed by atoms with Crippen molar-refractivity contribution >= 4 is 11.2 Å². The number of pyridine rings is 1. The summed E-state index contributed by atoms with van der Waals surface area (Å²) in [5.74, 6) is 0. The van der Waals surface area contributed by atoms with Gasteiger partial charge in [-0.25, -0.2) is 4.98 Å². The van der Waals surface area contributed by atoms with Gasteiger partial charge in [0.1, 0.15) is 6.26 Å². The Labute approximate surface area is 57.1 Å². The molecule has 2 nitrogen and oxygen atoms in total. The molecule has 0 aliphatic heterocycles. The highest BCUT2D eigenvalue weighted by atomic mass is 32.2. The van der Waals surface area contributed by atoms with Gasteiger partial charge in [-0.3, -0.25) is 0 Å². The third-order valence-electron chi connectivity index (χ3n) is 0.883. The van der Waals surface area contributed by atoms with E-state index in [0.717, 1.165) is 0 Å². The zero-order valence-electron chi connectivity index (χ0n) is 5.00. The van der Waals surface area contributed by atoms with E-state index in [9.17, 15) is 4.55 Å². The second-order valence-corrected chi connectivity index (χ2v) is 2.88. The molecule has 1 heterocycles. The van der Waals surface area contributed by atoms with E-state index >= 15 is 0 Å². The zero-order valence-corrected chi connectivity index (χ0v) is 5.81. The van der Waals surface area contributed by atoms with Gasteiger partial charge in [0.25, 0.3) is 0 Å². The lowest BCUT2D eigenvalue weighted by Crippen LogP contribution is -1.98. The normalized spacial score (nSPS) is 13.1. The minimum absolute atomic E-state index is 0.605. The van der Waals surface area contributed by atoms with Crippen LogP contribution in [-0.4, -0.2) is 15.8 Å². The molecule has 0 saturated carbocycles. The van der Waals surface area contributed by atoms with Crippen molar-refractivity contribution in [2.75, 3.05) is 6.26 Å². The van der Waals surface area contributed by atoms with Crippen molar-refractivity contribution in [3.63, 3.8) is 0 Å². The fourth-order valence-electron chi connectivity index (χ4n) is 0.476. The summed E-state index contributed by atoms with van der Waals surface area (Å²) in [5, 5.41) is 0.605. The fourth-order valence-corrected chi connectivity index (χ4v) is 0.937. The van der Waals surface area contributed by atoms with Gasteiger partial charge >= 0.3 is 0 Å². The third kappa shape index (κ3) is 1.69. The van der Waals surface area contributed by atoms with E-state index in [0.29, 0.717) is 5.03 Å². The molecule has 47 valence electrons. The molecule has 0 aliphatic carbocycles. The van der Waals surface area contributed by atoms with Gasteiger partial charge in [0.2, 0.25) is 5.03 Å². The summed E-state index contributed by atoms with van der Waals surface area (Å²) in [6.07, 6.45) is 3.11. The van der Waals surface area contributed by atoms with Crippen LogP contribution in [0.25, 0.3) is 0 Å². The van der Waals surface area contributed by atoms with Gasteiger partial charge in [0, 0.05) is 29.5 Å². The van der Waals surface area contributed by atoms with Crippen LogP contribution in [0.1, 0.15) is 0 Å². The molecule has 3 heteroatoms. The Hall–Kier alpha value is -0.540. The van der Waals surface area contributed by atoms with Crippen molar-refractivity contribution < 1.29 is 4.55 Å². The third-order valence-corrected chi connectivity index (χ3v) is 1.71. The minimum Gasteiger partial charge on any atom is -0.610 e. The average Bonchev–Trinajstić information content (AvgIpc) is 1.90. The molecule has 9 heavy (non-hydrogen) atoms. The molecule has 1 aromatic heterocycles. The van der Waals surface area contributed by atoms with Crippen molar-refractivity contribution in [3.05, 3.63) is 24.4 Å². The Morgan fingerprint density at radius 1 is 1.78 bits per heavy atom. The van der Waals surface area contributed by atoms with Gasteiger partial charge < -0.3 is 4.55 Å². The van der Waals surface area contributed by atoms with Gasteiger partial charge in [-0.2, -0.15) is 0 Å². The summed E-state index contributed by atoms with van der Waals surface area (Å²) in [7, 11) is 0. The monoisotopic (exact) mass is 140 g/mol. The Bertz CT molecular complexity index is 176. The highest BCUT2D eigenvalue weighted by Gasteiger charge is 2.00. The van der Waals surface area contributed by atoms with Crippen LogP contribution in [0.2, 0.25) is 0 Å². The molecule has 0 aromatic carbocycles. The van der Waals surface area contributed by atoms with E-state index in [1.165, 1.54) is 6.20 Å². The van der Waals surface area contributed by atoms with Gasteiger partial charge in [-0.1, -0.05) is 0 Å². The van der Waals surface area contributed by atoms with Crippen LogP contribution >= 0.6 is 0 Å². The summed E-state index contributed by atoms with van der Waals surface area (Å²) in [4.78, 5) is 3.82.